The molecule has 1 N–H and O–H groups in total. The summed E-state index contributed by atoms with van der Waals surface area (Å²) in [5.41, 5.74) is 4.89. The highest BCUT2D eigenvalue weighted by Gasteiger charge is 2.28. The Balaban J connectivity index is 1.85. The van der Waals surface area contributed by atoms with Crippen LogP contribution in [0.25, 0.3) is 0 Å². The average Bonchev–Trinajstić information content (AvgIpc) is 2.73. The Morgan fingerprint density at radius 1 is 1.00 bits per heavy atom. The molecule has 1 aliphatic rings. The molecule has 0 radical (unpaired) electrons. The van der Waals surface area contributed by atoms with Crippen molar-refractivity contribution in [3.05, 3.63) is 71.0 Å². The van der Waals surface area contributed by atoms with E-state index in [0.29, 0.717) is 0 Å². The second-order valence-corrected chi connectivity index (χ2v) is 8.85. The summed E-state index contributed by atoms with van der Waals surface area (Å²) >= 11 is 0. The van der Waals surface area contributed by atoms with Gasteiger partial charge in [0, 0.05) is 31.5 Å². The van der Waals surface area contributed by atoms with Crippen LogP contribution in [0.4, 0.5) is 11.4 Å². The van der Waals surface area contributed by atoms with Gasteiger partial charge in [0.25, 0.3) is 5.91 Å². The molecule has 0 bridgehead atoms. The van der Waals surface area contributed by atoms with Crippen LogP contribution < -0.4 is 10.2 Å². The van der Waals surface area contributed by atoms with E-state index in [4.69, 9.17) is 4.74 Å². The molecule has 2 aromatic rings. The molecule has 0 spiro atoms. The fraction of sp³-hybridized carbons (Fsp3) is 0.385. The number of ketones is 1. The number of allylic oxidation sites excluding steroid dienone is 1. The van der Waals surface area contributed by atoms with Crippen LogP contribution in [0.3, 0.4) is 0 Å². The van der Waals surface area contributed by atoms with Crippen LogP contribution in [-0.2, 0) is 14.3 Å². The fourth-order valence-electron chi connectivity index (χ4n) is 3.78. The predicted octanol–water partition coefficient (Wildman–Crippen LogP) is 5.55. The van der Waals surface area contributed by atoms with E-state index >= 15 is 0 Å². The number of anilines is 2. The van der Waals surface area contributed by atoms with E-state index in [-0.39, 0.29) is 29.8 Å². The zero-order valence-corrected chi connectivity index (χ0v) is 19.2. The van der Waals surface area contributed by atoms with E-state index in [9.17, 15) is 9.59 Å². The van der Waals surface area contributed by atoms with Crippen molar-refractivity contribution in [3.63, 3.8) is 0 Å². The van der Waals surface area contributed by atoms with Crippen LogP contribution in [0.15, 0.2) is 54.3 Å². The highest BCUT2D eigenvalue weighted by Crippen LogP contribution is 2.34. The Hall–Kier alpha value is -3.08. The molecule has 1 atom stereocenters. The van der Waals surface area contributed by atoms with Crippen LogP contribution in [0.2, 0.25) is 0 Å². The topological polar surface area (TPSA) is 58.6 Å². The van der Waals surface area contributed by atoms with E-state index < -0.39 is 12.0 Å². The molecular weight excluding hydrogens is 388 g/mol. The van der Waals surface area contributed by atoms with E-state index in [1.165, 1.54) is 6.08 Å². The normalized spacial score (nSPS) is 16.2. The van der Waals surface area contributed by atoms with E-state index in [1.807, 2.05) is 61.5 Å². The summed E-state index contributed by atoms with van der Waals surface area (Å²) in [6.07, 6.45) is 1.06. The van der Waals surface area contributed by atoms with Crippen molar-refractivity contribution >= 4 is 23.1 Å². The first-order valence-corrected chi connectivity index (χ1v) is 10.8. The number of rotatable bonds is 6. The molecule has 0 fully saturated rings. The first kappa shape index (κ1) is 22.6. The number of carbonyl (C=O) groups is 2. The molecule has 1 heterocycles. The molecule has 0 aromatic heterocycles. The predicted molar refractivity (Wildman–Crippen MR) is 126 cm³/mol. The van der Waals surface area contributed by atoms with Gasteiger partial charge in [-0.25, -0.2) is 0 Å². The first-order chi connectivity index (χ1) is 14.7. The number of nitrogens with one attached hydrogen (secondary N) is 1. The number of hydrogen-bond donors (Lipinski definition) is 1. The van der Waals surface area contributed by atoms with Crippen LogP contribution in [-0.4, -0.2) is 25.8 Å². The molecule has 1 aliphatic heterocycles. The van der Waals surface area contributed by atoms with Gasteiger partial charge in [0.05, 0.1) is 6.42 Å². The van der Waals surface area contributed by atoms with E-state index in [1.54, 1.807) is 0 Å². The maximum Gasteiger partial charge on any atom is 0.290 e. The highest BCUT2D eigenvalue weighted by atomic mass is 16.5. The third kappa shape index (κ3) is 5.16. The summed E-state index contributed by atoms with van der Waals surface area (Å²) < 4.78 is 5.99. The zero-order chi connectivity index (χ0) is 22.7. The van der Waals surface area contributed by atoms with Crippen molar-refractivity contribution in [1.82, 2.24) is 0 Å². The average molecular weight is 421 g/mol. The number of hydrogen-bond acceptors (Lipinski definition) is 4. The van der Waals surface area contributed by atoms with Gasteiger partial charge in [-0.3, -0.25) is 9.59 Å². The third-order valence-electron chi connectivity index (χ3n) is 5.56. The first-order valence-electron chi connectivity index (χ1n) is 10.8. The van der Waals surface area contributed by atoms with Crippen LogP contribution >= 0.6 is 0 Å². The molecule has 31 heavy (non-hydrogen) atoms. The smallest absolute Gasteiger partial charge is 0.290 e. The number of ether oxygens (including phenoxy) is 1. The number of benzene rings is 2. The van der Waals surface area contributed by atoms with Gasteiger partial charge >= 0.3 is 0 Å². The Kier molecular flexibility index (Phi) is 6.84. The lowest BCUT2D eigenvalue weighted by atomic mass is 9.92. The van der Waals surface area contributed by atoms with Crippen molar-refractivity contribution in [3.8, 4) is 0 Å². The molecule has 5 heteroatoms. The maximum absolute atomic E-state index is 13.1. The number of carbonyl (C=O) groups excluding carboxylic acids is 2. The minimum atomic E-state index is -0.473. The molecule has 164 valence electrons. The quantitative estimate of drug-likeness (QED) is 0.665. The lowest BCUT2D eigenvalue weighted by Crippen LogP contribution is -2.25. The monoisotopic (exact) mass is 420 g/mol. The van der Waals surface area contributed by atoms with Crippen LogP contribution in [0, 0.1) is 0 Å². The van der Waals surface area contributed by atoms with Crippen LogP contribution in [0.1, 0.15) is 68.7 Å². The Bertz CT molecular complexity index is 962. The van der Waals surface area contributed by atoms with Crippen molar-refractivity contribution in [2.75, 3.05) is 24.3 Å². The second kappa shape index (κ2) is 9.38. The molecule has 0 unspecified atom stereocenters. The summed E-state index contributed by atoms with van der Waals surface area (Å²) in [6, 6.07) is 13.9. The number of para-hydroxylation sites is 1. The molecule has 2 aromatic carbocycles. The number of amides is 1. The van der Waals surface area contributed by atoms with Gasteiger partial charge in [-0.2, -0.15) is 0 Å². The van der Waals surface area contributed by atoms with Crippen molar-refractivity contribution in [2.45, 2.75) is 52.1 Å². The van der Waals surface area contributed by atoms with E-state index in [2.05, 4.69) is 33.0 Å². The number of nitrogens with zero attached hydrogens (tertiary/aromatic N) is 1. The van der Waals surface area contributed by atoms with Gasteiger partial charge in [-0.05, 0) is 40.7 Å². The third-order valence-corrected chi connectivity index (χ3v) is 5.56. The Morgan fingerprint density at radius 3 is 2.10 bits per heavy atom. The molecule has 5 nitrogen and oxygen atoms in total. The largest absolute Gasteiger partial charge is 0.479 e. The van der Waals surface area contributed by atoms with Crippen molar-refractivity contribution in [1.29, 1.82) is 0 Å². The van der Waals surface area contributed by atoms with Gasteiger partial charge in [-0.1, -0.05) is 58.0 Å². The Morgan fingerprint density at radius 2 is 1.58 bits per heavy atom. The summed E-state index contributed by atoms with van der Waals surface area (Å²) in [4.78, 5) is 27.5. The van der Waals surface area contributed by atoms with E-state index in [0.717, 1.165) is 28.1 Å². The Labute approximate surface area is 185 Å². The summed E-state index contributed by atoms with van der Waals surface area (Å²) in [5.74, 6) is 0.0585. The minimum absolute atomic E-state index is 0.0613. The lowest BCUT2D eigenvalue weighted by Gasteiger charge is -2.25. The van der Waals surface area contributed by atoms with Crippen LogP contribution in [0.5, 0.6) is 0 Å². The lowest BCUT2D eigenvalue weighted by molar-refractivity contribution is -0.124. The summed E-state index contributed by atoms with van der Waals surface area (Å²) in [5, 5.41) is 3.04. The van der Waals surface area contributed by atoms with Gasteiger partial charge in [0.15, 0.2) is 11.5 Å². The minimum Gasteiger partial charge on any atom is -0.479 e. The highest BCUT2D eigenvalue weighted by molar-refractivity contribution is 6.08. The van der Waals surface area contributed by atoms with Gasteiger partial charge < -0.3 is 15.0 Å². The SMILES string of the molecule is CC(C)c1cccc(C(C)C)c1NC(=O)C1=CC(=O)C[C@H](c2ccc(N(C)C)cc2)O1. The molecule has 0 saturated carbocycles. The molecule has 0 aliphatic carbocycles. The second-order valence-electron chi connectivity index (χ2n) is 8.85. The summed E-state index contributed by atoms with van der Waals surface area (Å²) in [7, 11) is 3.95. The molecule has 0 saturated heterocycles. The standard InChI is InChI=1S/C26H32N2O3/c1-16(2)21-8-7-9-22(17(3)4)25(21)27-26(30)24-15-20(29)14-23(31-24)18-10-12-19(13-11-18)28(5)6/h7-13,15-17,23H,14H2,1-6H3,(H,27,30)/t23-/m1/s1. The van der Waals surface area contributed by atoms with Crippen molar-refractivity contribution in [2.24, 2.45) is 0 Å². The van der Waals surface area contributed by atoms with Gasteiger partial charge in [-0.15, -0.1) is 0 Å². The van der Waals surface area contributed by atoms with Crippen molar-refractivity contribution < 1.29 is 14.3 Å². The van der Waals surface area contributed by atoms with Gasteiger partial charge in [0.2, 0.25) is 0 Å². The zero-order valence-electron chi connectivity index (χ0n) is 19.2. The molecule has 1 amide bonds. The van der Waals surface area contributed by atoms with Gasteiger partial charge in [0.1, 0.15) is 6.10 Å². The fourth-order valence-corrected chi connectivity index (χ4v) is 3.78. The molecular formula is C26H32N2O3. The summed E-state index contributed by atoms with van der Waals surface area (Å²) in [6.45, 7) is 8.40. The maximum atomic E-state index is 13.1. The molecule has 3 rings (SSSR count).